The summed E-state index contributed by atoms with van der Waals surface area (Å²) >= 11 is 0. The first-order valence-corrected chi connectivity index (χ1v) is 10.5. The van der Waals surface area contributed by atoms with Crippen LogP contribution in [-0.2, 0) is 13.0 Å². The molecule has 0 bridgehead atoms. The Balaban J connectivity index is 0.00000259. The van der Waals surface area contributed by atoms with Crippen LogP contribution in [0.1, 0.15) is 27.2 Å². The van der Waals surface area contributed by atoms with Crippen LogP contribution in [-0.4, -0.2) is 17.5 Å². The highest BCUT2D eigenvalue weighted by atomic mass is 35.5. The number of rotatable bonds is 5. The maximum Gasteiger partial charge on any atom is 0.256 e. The zero-order valence-corrected chi connectivity index (χ0v) is 18.9. The van der Waals surface area contributed by atoms with E-state index in [9.17, 15) is 4.79 Å². The molecule has 7 heteroatoms. The standard InChI is InChI=1S/C26H23N3O3.ClH/c1-16-12-23(27)22-14-19(6-8-24(22)28-16)29-26(30)21-5-3-2-4-18(21)15-32-20-7-9-25-17(13-20)10-11-31-25;/h2-9,12-14H,10-11,15H2,1H3,(H2,27,28)(H,29,30);1H. The van der Waals surface area contributed by atoms with Crippen LogP contribution in [0.5, 0.6) is 11.5 Å². The number of fused-ring (bicyclic) bond motifs is 2. The van der Waals surface area contributed by atoms with Crippen LogP contribution in [0.15, 0.2) is 66.7 Å². The van der Waals surface area contributed by atoms with Gasteiger partial charge in [0.1, 0.15) is 18.1 Å². The molecule has 0 atom stereocenters. The molecule has 3 N–H and O–H groups in total. The van der Waals surface area contributed by atoms with Gasteiger partial charge in [0, 0.05) is 45.6 Å². The van der Waals surface area contributed by atoms with E-state index in [2.05, 4.69) is 10.3 Å². The van der Waals surface area contributed by atoms with Gasteiger partial charge in [0.05, 0.1) is 12.1 Å². The van der Waals surface area contributed by atoms with Crippen LogP contribution < -0.4 is 20.5 Å². The zero-order chi connectivity index (χ0) is 22.1. The summed E-state index contributed by atoms with van der Waals surface area (Å²) in [5, 5.41) is 3.78. The van der Waals surface area contributed by atoms with Gasteiger partial charge in [0.2, 0.25) is 0 Å². The molecule has 1 aliphatic rings. The molecule has 0 radical (unpaired) electrons. The molecule has 0 saturated carbocycles. The van der Waals surface area contributed by atoms with E-state index in [1.807, 2.05) is 67.6 Å². The summed E-state index contributed by atoms with van der Waals surface area (Å²) in [6, 6.07) is 20.6. The minimum absolute atomic E-state index is 0. The molecule has 1 aromatic heterocycles. The van der Waals surface area contributed by atoms with Crippen molar-refractivity contribution < 1.29 is 14.3 Å². The van der Waals surface area contributed by atoms with Crippen molar-refractivity contribution in [2.75, 3.05) is 17.7 Å². The van der Waals surface area contributed by atoms with E-state index in [1.54, 1.807) is 6.07 Å². The zero-order valence-electron chi connectivity index (χ0n) is 18.1. The number of carbonyl (C=O) groups excluding carboxylic acids is 1. The van der Waals surface area contributed by atoms with Gasteiger partial charge in [0.15, 0.2) is 0 Å². The molecule has 6 nitrogen and oxygen atoms in total. The van der Waals surface area contributed by atoms with Gasteiger partial charge in [0.25, 0.3) is 5.91 Å². The van der Waals surface area contributed by atoms with Crippen molar-refractivity contribution in [1.82, 2.24) is 4.98 Å². The fraction of sp³-hybridized carbons (Fsp3) is 0.154. The lowest BCUT2D eigenvalue weighted by molar-refractivity contribution is 0.102. The van der Waals surface area contributed by atoms with E-state index in [0.29, 0.717) is 23.5 Å². The van der Waals surface area contributed by atoms with Gasteiger partial charge in [-0.2, -0.15) is 0 Å². The summed E-state index contributed by atoms with van der Waals surface area (Å²) in [6.45, 7) is 2.90. The number of aromatic nitrogens is 1. The smallest absolute Gasteiger partial charge is 0.256 e. The number of amides is 1. The first-order chi connectivity index (χ1) is 15.6. The molecule has 168 valence electrons. The normalized spacial score (nSPS) is 11.9. The van der Waals surface area contributed by atoms with Gasteiger partial charge in [-0.1, -0.05) is 18.2 Å². The average Bonchev–Trinajstić information content (AvgIpc) is 3.26. The summed E-state index contributed by atoms with van der Waals surface area (Å²) in [7, 11) is 0. The van der Waals surface area contributed by atoms with Gasteiger partial charge in [-0.25, -0.2) is 0 Å². The van der Waals surface area contributed by atoms with Crippen molar-refractivity contribution in [3.05, 3.63) is 89.1 Å². The quantitative estimate of drug-likeness (QED) is 0.420. The van der Waals surface area contributed by atoms with E-state index in [1.165, 1.54) is 0 Å². The molecule has 1 amide bonds. The fourth-order valence-electron chi connectivity index (χ4n) is 3.95. The third kappa shape index (κ3) is 4.71. The number of hydrogen-bond acceptors (Lipinski definition) is 5. The van der Waals surface area contributed by atoms with E-state index >= 15 is 0 Å². The average molecular weight is 462 g/mol. The number of nitrogens with zero attached hydrogens (tertiary/aromatic N) is 1. The highest BCUT2D eigenvalue weighted by Crippen LogP contribution is 2.29. The lowest BCUT2D eigenvalue weighted by atomic mass is 10.1. The maximum atomic E-state index is 13.0. The summed E-state index contributed by atoms with van der Waals surface area (Å²) < 4.78 is 11.5. The number of benzene rings is 3. The molecule has 2 heterocycles. The number of aryl methyl sites for hydroxylation is 1. The van der Waals surface area contributed by atoms with Crippen molar-refractivity contribution >= 4 is 40.6 Å². The van der Waals surface area contributed by atoms with Crippen LogP contribution in [0.3, 0.4) is 0 Å². The number of anilines is 2. The molecule has 0 saturated heterocycles. The largest absolute Gasteiger partial charge is 0.493 e. The summed E-state index contributed by atoms with van der Waals surface area (Å²) in [6.07, 6.45) is 0.886. The molecule has 0 spiro atoms. The second-order valence-corrected chi connectivity index (χ2v) is 7.85. The summed E-state index contributed by atoms with van der Waals surface area (Å²) in [5.74, 6) is 1.47. The third-order valence-corrected chi connectivity index (χ3v) is 5.54. The van der Waals surface area contributed by atoms with Crippen LogP contribution in [0.2, 0.25) is 0 Å². The molecule has 0 aliphatic carbocycles. The van der Waals surface area contributed by atoms with Crippen molar-refractivity contribution in [3.8, 4) is 11.5 Å². The Morgan fingerprint density at radius 3 is 2.85 bits per heavy atom. The first-order valence-electron chi connectivity index (χ1n) is 10.5. The lowest BCUT2D eigenvalue weighted by Crippen LogP contribution is -2.15. The number of nitrogens with one attached hydrogen (secondary N) is 1. The number of carbonyl (C=O) groups is 1. The van der Waals surface area contributed by atoms with Gasteiger partial charge in [-0.15, -0.1) is 12.4 Å². The van der Waals surface area contributed by atoms with Crippen LogP contribution >= 0.6 is 12.4 Å². The molecule has 33 heavy (non-hydrogen) atoms. The molecule has 0 fully saturated rings. The Morgan fingerprint density at radius 2 is 1.97 bits per heavy atom. The number of pyridine rings is 1. The third-order valence-electron chi connectivity index (χ3n) is 5.54. The van der Waals surface area contributed by atoms with E-state index in [4.69, 9.17) is 15.2 Å². The Hall–Kier alpha value is -3.77. The van der Waals surface area contributed by atoms with Gasteiger partial charge < -0.3 is 20.5 Å². The highest BCUT2D eigenvalue weighted by molar-refractivity contribution is 6.06. The van der Waals surface area contributed by atoms with Crippen LogP contribution in [0.4, 0.5) is 11.4 Å². The molecule has 0 unspecified atom stereocenters. The number of halogens is 1. The fourth-order valence-corrected chi connectivity index (χ4v) is 3.95. The van der Waals surface area contributed by atoms with E-state index in [0.717, 1.165) is 45.6 Å². The molecular weight excluding hydrogens is 438 g/mol. The van der Waals surface area contributed by atoms with Crippen molar-refractivity contribution in [2.24, 2.45) is 0 Å². The molecule has 1 aliphatic heterocycles. The molecule has 3 aromatic carbocycles. The maximum absolute atomic E-state index is 13.0. The SMILES string of the molecule is Cc1cc(N)c2cc(NC(=O)c3ccccc3COc3ccc4c(c3)CCO4)ccc2n1.Cl. The minimum atomic E-state index is -0.204. The van der Waals surface area contributed by atoms with E-state index in [-0.39, 0.29) is 24.9 Å². The second kappa shape index (κ2) is 9.38. The van der Waals surface area contributed by atoms with Crippen molar-refractivity contribution in [2.45, 2.75) is 20.0 Å². The number of nitrogen functional groups attached to an aromatic ring is 1. The predicted octanol–water partition coefficient (Wildman–Crippen LogP) is 5.31. The Labute approximate surface area is 198 Å². The van der Waals surface area contributed by atoms with E-state index < -0.39 is 0 Å². The van der Waals surface area contributed by atoms with Crippen LogP contribution in [0, 0.1) is 6.92 Å². The Kier molecular flexibility index (Phi) is 6.38. The van der Waals surface area contributed by atoms with Crippen molar-refractivity contribution in [1.29, 1.82) is 0 Å². The predicted molar refractivity (Wildman–Crippen MR) is 133 cm³/mol. The summed E-state index contributed by atoms with van der Waals surface area (Å²) in [5.41, 5.74) is 11.6. The van der Waals surface area contributed by atoms with Crippen molar-refractivity contribution in [3.63, 3.8) is 0 Å². The number of hydrogen-bond donors (Lipinski definition) is 2. The second-order valence-electron chi connectivity index (χ2n) is 7.85. The highest BCUT2D eigenvalue weighted by Gasteiger charge is 2.15. The van der Waals surface area contributed by atoms with Crippen LogP contribution in [0.25, 0.3) is 10.9 Å². The Morgan fingerprint density at radius 1 is 1.12 bits per heavy atom. The minimum Gasteiger partial charge on any atom is -0.493 e. The lowest BCUT2D eigenvalue weighted by Gasteiger charge is -2.13. The first kappa shape index (κ1) is 22.4. The Bertz CT molecular complexity index is 1340. The number of nitrogens with two attached hydrogens (primary N) is 1. The summed E-state index contributed by atoms with van der Waals surface area (Å²) in [4.78, 5) is 17.5. The monoisotopic (exact) mass is 461 g/mol. The molecule has 4 aromatic rings. The van der Waals surface area contributed by atoms with Gasteiger partial charge in [-0.05, 0) is 55.5 Å². The molecular formula is C26H24ClN3O3. The molecule has 5 rings (SSSR count). The number of ether oxygens (including phenoxy) is 2. The van der Waals surface area contributed by atoms with Gasteiger partial charge in [-0.3, -0.25) is 9.78 Å². The topological polar surface area (TPSA) is 86.5 Å². The van der Waals surface area contributed by atoms with Gasteiger partial charge >= 0.3 is 0 Å².